The summed E-state index contributed by atoms with van der Waals surface area (Å²) >= 11 is 0. The second kappa shape index (κ2) is 6.24. The molecule has 4 nitrogen and oxygen atoms in total. The molecule has 1 aliphatic heterocycles. The molecule has 1 aliphatic rings. The summed E-state index contributed by atoms with van der Waals surface area (Å²) in [7, 11) is 0. The van der Waals surface area contributed by atoms with Gasteiger partial charge >= 0.3 is 0 Å². The Kier molecular flexibility index (Phi) is 4.15. The SMILES string of the molecule is CC(=O)c1ccc(NC(=O)[C@H](C)N2CCc3ccccc32)cc1. The molecule has 0 aromatic heterocycles. The predicted molar refractivity (Wildman–Crippen MR) is 92.0 cm³/mol. The number of rotatable bonds is 4. The minimum absolute atomic E-state index is 0.0184. The van der Waals surface area contributed by atoms with Crippen molar-refractivity contribution < 1.29 is 9.59 Å². The molecule has 0 spiro atoms. The van der Waals surface area contributed by atoms with E-state index in [0.29, 0.717) is 11.3 Å². The van der Waals surface area contributed by atoms with Crippen LogP contribution in [0.3, 0.4) is 0 Å². The standard InChI is InChI=1S/C19H20N2O2/c1-13(21-12-11-16-5-3-4-6-18(16)21)19(23)20-17-9-7-15(8-10-17)14(2)22/h3-10,13H,11-12H2,1-2H3,(H,20,23)/t13-/m0/s1. The van der Waals surface area contributed by atoms with E-state index in [1.807, 2.05) is 19.1 Å². The van der Waals surface area contributed by atoms with E-state index in [2.05, 4.69) is 22.3 Å². The molecule has 1 atom stereocenters. The highest BCUT2D eigenvalue weighted by molar-refractivity contribution is 5.98. The quantitative estimate of drug-likeness (QED) is 0.882. The van der Waals surface area contributed by atoms with Gasteiger partial charge in [-0.05, 0) is 56.2 Å². The second-order valence-electron chi connectivity index (χ2n) is 5.87. The number of carbonyl (C=O) groups excluding carboxylic acids is 2. The predicted octanol–water partition coefficient (Wildman–Crippen LogP) is 3.28. The molecule has 2 aromatic rings. The van der Waals surface area contributed by atoms with Gasteiger partial charge in [0, 0.05) is 23.5 Å². The van der Waals surface area contributed by atoms with Gasteiger partial charge in [-0.1, -0.05) is 18.2 Å². The maximum atomic E-state index is 12.5. The summed E-state index contributed by atoms with van der Waals surface area (Å²) in [6, 6.07) is 15.0. The van der Waals surface area contributed by atoms with Gasteiger partial charge in [-0.15, -0.1) is 0 Å². The monoisotopic (exact) mass is 308 g/mol. The lowest BCUT2D eigenvalue weighted by atomic mass is 10.1. The molecule has 0 saturated carbocycles. The summed E-state index contributed by atoms with van der Waals surface area (Å²) in [4.78, 5) is 25.9. The smallest absolute Gasteiger partial charge is 0.246 e. The van der Waals surface area contributed by atoms with Crippen molar-refractivity contribution >= 4 is 23.1 Å². The van der Waals surface area contributed by atoms with Crippen molar-refractivity contribution in [2.45, 2.75) is 26.3 Å². The first-order chi connectivity index (χ1) is 11.1. The van der Waals surface area contributed by atoms with E-state index in [9.17, 15) is 9.59 Å². The first-order valence-electron chi connectivity index (χ1n) is 7.82. The number of fused-ring (bicyclic) bond motifs is 1. The lowest BCUT2D eigenvalue weighted by Gasteiger charge is -2.26. The average molecular weight is 308 g/mol. The molecule has 0 bridgehead atoms. The van der Waals surface area contributed by atoms with Gasteiger partial charge in [-0.3, -0.25) is 9.59 Å². The van der Waals surface area contributed by atoms with E-state index < -0.39 is 0 Å². The molecule has 1 amide bonds. The summed E-state index contributed by atoms with van der Waals surface area (Å²) in [6.45, 7) is 4.30. The van der Waals surface area contributed by atoms with E-state index in [1.165, 1.54) is 12.5 Å². The first-order valence-corrected chi connectivity index (χ1v) is 7.82. The van der Waals surface area contributed by atoms with Crippen molar-refractivity contribution in [3.05, 3.63) is 59.7 Å². The Morgan fingerprint density at radius 2 is 1.78 bits per heavy atom. The van der Waals surface area contributed by atoms with Crippen LogP contribution in [0.2, 0.25) is 0 Å². The van der Waals surface area contributed by atoms with Gasteiger partial charge in [-0.25, -0.2) is 0 Å². The Morgan fingerprint density at radius 1 is 1.09 bits per heavy atom. The number of anilines is 2. The zero-order chi connectivity index (χ0) is 16.4. The molecule has 0 unspecified atom stereocenters. The second-order valence-corrected chi connectivity index (χ2v) is 5.87. The molecule has 1 N–H and O–H groups in total. The van der Waals surface area contributed by atoms with Gasteiger partial charge in [0.2, 0.25) is 5.91 Å². The molecule has 0 aliphatic carbocycles. The Hall–Kier alpha value is -2.62. The van der Waals surface area contributed by atoms with E-state index >= 15 is 0 Å². The number of nitrogens with zero attached hydrogens (tertiary/aromatic N) is 1. The molecule has 0 fully saturated rings. The zero-order valence-corrected chi connectivity index (χ0v) is 13.4. The van der Waals surface area contributed by atoms with Crippen molar-refractivity contribution in [3.63, 3.8) is 0 Å². The molecule has 23 heavy (non-hydrogen) atoms. The first kappa shape index (κ1) is 15.3. The fraction of sp³-hybridized carbons (Fsp3) is 0.263. The maximum Gasteiger partial charge on any atom is 0.246 e. The third kappa shape index (κ3) is 3.11. The Labute approximate surface area is 136 Å². The largest absolute Gasteiger partial charge is 0.359 e. The number of para-hydroxylation sites is 1. The molecule has 1 heterocycles. The molecular weight excluding hydrogens is 288 g/mol. The zero-order valence-electron chi connectivity index (χ0n) is 13.4. The van der Waals surface area contributed by atoms with Crippen LogP contribution in [-0.2, 0) is 11.2 Å². The number of amides is 1. The molecule has 0 radical (unpaired) electrons. The summed E-state index contributed by atoms with van der Waals surface area (Å²) in [6.07, 6.45) is 0.973. The van der Waals surface area contributed by atoms with Crippen molar-refractivity contribution in [1.29, 1.82) is 0 Å². The molecular formula is C19H20N2O2. The number of nitrogens with one attached hydrogen (secondary N) is 1. The van der Waals surface area contributed by atoms with E-state index in [-0.39, 0.29) is 17.7 Å². The van der Waals surface area contributed by atoms with Crippen LogP contribution in [-0.4, -0.2) is 24.3 Å². The number of ketones is 1. The normalized spacial score (nSPS) is 14.3. The summed E-state index contributed by atoms with van der Waals surface area (Å²) in [5, 5.41) is 2.92. The highest BCUT2D eigenvalue weighted by Crippen LogP contribution is 2.29. The topological polar surface area (TPSA) is 49.4 Å². The third-order valence-corrected chi connectivity index (χ3v) is 4.33. The molecule has 0 saturated heterocycles. The average Bonchev–Trinajstić information content (AvgIpc) is 2.98. The molecule has 3 rings (SSSR count). The van der Waals surface area contributed by atoms with Crippen molar-refractivity contribution in [3.8, 4) is 0 Å². The fourth-order valence-electron chi connectivity index (χ4n) is 2.94. The number of Topliss-reactive ketones (excluding diaryl/α,β-unsaturated/α-hetero) is 1. The maximum absolute atomic E-state index is 12.5. The number of hydrogen-bond donors (Lipinski definition) is 1. The van der Waals surface area contributed by atoms with Crippen LogP contribution in [0.1, 0.15) is 29.8 Å². The van der Waals surface area contributed by atoms with E-state index in [4.69, 9.17) is 0 Å². The van der Waals surface area contributed by atoms with E-state index in [1.54, 1.807) is 24.3 Å². The Bertz CT molecular complexity index is 737. The highest BCUT2D eigenvalue weighted by Gasteiger charge is 2.27. The summed E-state index contributed by atoms with van der Waals surface area (Å²) in [5.74, 6) is -0.0257. The summed E-state index contributed by atoms with van der Waals surface area (Å²) < 4.78 is 0. The van der Waals surface area contributed by atoms with Gasteiger partial charge in [0.1, 0.15) is 6.04 Å². The fourth-order valence-corrected chi connectivity index (χ4v) is 2.94. The number of carbonyl (C=O) groups is 2. The minimum Gasteiger partial charge on any atom is -0.359 e. The lowest BCUT2D eigenvalue weighted by molar-refractivity contribution is -0.117. The van der Waals surface area contributed by atoms with Gasteiger partial charge < -0.3 is 10.2 Å². The molecule has 2 aromatic carbocycles. The van der Waals surface area contributed by atoms with Crippen molar-refractivity contribution in [2.24, 2.45) is 0 Å². The van der Waals surface area contributed by atoms with Crippen LogP contribution >= 0.6 is 0 Å². The molecule has 4 heteroatoms. The number of hydrogen-bond acceptors (Lipinski definition) is 3. The van der Waals surface area contributed by atoms with Gasteiger partial charge in [0.25, 0.3) is 0 Å². The van der Waals surface area contributed by atoms with Crippen LogP contribution in [0.4, 0.5) is 11.4 Å². The van der Waals surface area contributed by atoms with Crippen LogP contribution in [0.15, 0.2) is 48.5 Å². The van der Waals surface area contributed by atoms with E-state index in [0.717, 1.165) is 18.7 Å². The van der Waals surface area contributed by atoms with Gasteiger partial charge in [0.05, 0.1) is 0 Å². The van der Waals surface area contributed by atoms with Crippen LogP contribution in [0.25, 0.3) is 0 Å². The van der Waals surface area contributed by atoms with Crippen LogP contribution in [0.5, 0.6) is 0 Å². The van der Waals surface area contributed by atoms with Crippen LogP contribution in [0, 0.1) is 0 Å². The lowest BCUT2D eigenvalue weighted by Crippen LogP contribution is -2.41. The van der Waals surface area contributed by atoms with Crippen molar-refractivity contribution in [1.82, 2.24) is 0 Å². The van der Waals surface area contributed by atoms with Crippen LogP contribution < -0.4 is 10.2 Å². The summed E-state index contributed by atoms with van der Waals surface area (Å²) in [5.41, 5.74) is 3.78. The van der Waals surface area contributed by atoms with Gasteiger partial charge in [-0.2, -0.15) is 0 Å². The van der Waals surface area contributed by atoms with Crippen molar-refractivity contribution in [2.75, 3.05) is 16.8 Å². The molecule has 118 valence electrons. The van der Waals surface area contributed by atoms with Gasteiger partial charge in [0.15, 0.2) is 5.78 Å². The number of benzene rings is 2. The third-order valence-electron chi connectivity index (χ3n) is 4.33. The minimum atomic E-state index is -0.244. The highest BCUT2D eigenvalue weighted by atomic mass is 16.2. The Morgan fingerprint density at radius 3 is 2.48 bits per heavy atom. The Balaban J connectivity index is 1.70.